The van der Waals surface area contributed by atoms with Crippen molar-refractivity contribution in [1.82, 2.24) is 14.5 Å². The predicted octanol–water partition coefficient (Wildman–Crippen LogP) is 3.10. The van der Waals surface area contributed by atoms with E-state index in [4.69, 9.17) is 23.8 Å². The van der Waals surface area contributed by atoms with Gasteiger partial charge in [0.25, 0.3) is 5.56 Å². The van der Waals surface area contributed by atoms with Crippen LogP contribution in [0.3, 0.4) is 0 Å². The standard InChI is InChI=1S/C13H8ClN3OS/c14-8-1-3-9(4-2-8)17-12(18)10-5-6-15-7-11(10)16-13(17)19/h1-7H,(H,16,19). The molecule has 2 heterocycles. The fourth-order valence-electron chi connectivity index (χ4n) is 1.89. The van der Waals surface area contributed by atoms with Crippen LogP contribution < -0.4 is 5.56 Å². The third-order valence-electron chi connectivity index (χ3n) is 2.78. The Morgan fingerprint density at radius 1 is 1.21 bits per heavy atom. The highest BCUT2D eigenvalue weighted by atomic mass is 35.5. The van der Waals surface area contributed by atoms with Gasteiger partial charge in [0.15, 0.2) is 4.77 Å². The third kappa shape index (κ3) is 2.07. The van der Waals surface area contributed by atoms with Crippen LogP contribution in [-0.4, -0.2) is 14.5 Å². The molecule has 1 N–H and O–H groups in total. The Hall–Kier alpha value is -1.98. The van der Waals surface area contributed by atoms with Crippen LogP contribution >= 0.6 is 23.8 Å². The summed E-state index contributed by atoms with van der Waals surface area (Å²) in [6.07, 6.45) is 3.16. The topological polar surface area (TPSA) is 50.7 Å². The van der Waals surface area contributed by atoms with Crippen LogP contribution in [-0.2, 0) is 0 Å². The van der Waals surface area contributed by atoms with Gasteiger partial charge in [0.05, 0.1) is 22.8 Å². The molecule has 0 atom stereocenters. The molecule has 4 nitrogen and oxygen atoms in total. The van der Waals surface area contributed by atoms with E-state index in [0.717, 1.165) is 0 Å². The van der Waals surface area contributed by atoms with Gasteiger partial charge in [-0.1, -0.05) is 11.6 Å². The molecule has 0 aliphatic carbocycles. The molecule has 19 heavy (non-hydrogen) atoms. The molecule has 2 aromatic heterocycles. The minimum absolute atomic E-state index is 0.177. The van der Waals surface area contributed by atoms with Crippen molar-refractivity contribution in [1.29, 1.82) is 0 Å². The van der Waals surface area contributed by atoms with Crippen molar-refractivity contribution in [2.24, 2.45) is 0 Å². The number of rotatable bonds is 1. The summed E-state index contributed by atoms with van der Waals surface area (Å²) in [4.78, 5) is 19.4. The maximum Gasteiger partial charge on any atom is 0.266 e. The van der Waals surface area contributed by atoms with Gasteiger partial charge in [-0.15, -0.1) is 0 Å². The summed E-state index contributed by atoms with van der Waals surface area (Å²) in [5.74, 6) is 0. The summed E-state index contributed by atoms with van der Waals surface area (Å²) >= 11 is 11.1. The summed E-state index contributed by atoms with van der Waals surface area (Å²) < 4.78 is 1.77. The van der Waals surface area contributed by atoms with E-state index in [1.807, 2.05) is 0 Å². The largest absolute Gasteiger partial charge is 0.330 e. The molecule has 0 saturated heterocycles. The number of aromatic nitrogens is 3. The number of pyridine rings is 1. The second-order valence-electron chi connectivity index (χ2n) is 3.97. The van der Waals surface area contributed by atoms with Gasteiger partial charge in [-0.25, -0.2) is 0 Å². The molecule has 0 radical (unpaired) electrons. The van der Waals surface area contributed by atoms with E-state index < -0.39 is 0 Å². The molecule has 0 aliphatic rings. The Morgan fingerprint density at radius 3 is 2.68 bits per heavy atom. The molecule has 0 unspecified atom stereocenters. The minimum Gasteiger partial charge on any atom is -0.330 e. The molecule has 0 saturated carbocycles. The van der Waals surface area contributed by atoms with E-state index >= 15 is 0 Å². The zero-order valence-electron chi connectivity index (χ0n) is 9.63. The summed E-state index contributed by atoms with van der Waals surface area (Å²) in [6, 6.07) is 8.60. The Labute approximate surface area is 118 Å². The molecule has 0 aliphatic heterocycles. The van der Waals surface area contributed by atoms with Crippen LogP contribution in [0.15, 0.2) is 47.5 Å². The molecule has 0 amide bonds. The first-order valence-electron chi connectivity index (χ1n) is 5.52. The SMILES string of the molecule is O=c1c2ccncc2[nH]c(=S)n1-c1ccc(Cl)cc1. The lowest BCUT2D eigenvalue weighted by Gasteiger charge is -2.07. The van der Waals surface area contributed by atoms with E-state index in [9.17, 15) is 4.79 Å². The predicted molar refractivity (Wildman–Crippen MR) is 77.5 cm³/mol. The smallest absolute Gasteiger partial charge is 0.266 e. The average Bonchev–Trinajstić information content (AvgIpc) is 2.41. The van der Waals surface area contributed by atoms with Crippen LogP contribution in [0, 0.1) is 4.77 Å². The van der Waals surface area contributed by atoms with Crippen molar-refractivity contribution < 1.29 is 0 Å². The number of H-pyrrole nitrogens is 1. The summed E-state index contributed by atoms with van der Waals surface area (Å²) in [6.45, 7) is 0. The fourth-order valence-corrected chi connectivity index (χ4v) is 2.31. The van der Waals surface area contributed by atoms with Crippen molar-refractivity contribution in [2.45, 2.75) is 0 Å². The third-order valence-corrected chi connectivity index (χ3v) is 3.32. The maximum absolute atomic E-state index is 12.5. The zero-order valence-corrected chi connectivity index (χ0v) is 11.2. The number of benzene rings is 1. The molecule has 94 valence electrons. The lowest BCUT2D eigenvalue weighted by atomic mass is 10.3. The summed E-state index contributed by atoms with van der Waals surface area (Å²) in [5, 5.41) is 1.15. The molecular formula is C13H8ClN3OS. The maximum atomic E-state index is 12.5. The normalized spacial score (nSPS) is 10.8. The zero-order chi connectivity index (χ0) is 13.4. The number of hydrogen-bond acceptors (Lipinski definition) is 3. The molecule has 6 heteroatoms. The second-order valence-corrected chi connectivity index (χ2v) is 4.79. The van der Waals surface area contributed by atoms with Gasteiger partial charge >= 0.3 is 0 Å². The van der Waals surface area contributed by atoms with Gasteiger partial charge in [-0.2, -0.15) is 0 Å². The molecule has 0 bridgehead atoms. The van der Waals surface area contributed by atoms with Crippen LogP contribution in [0.4, 0.5) is 0 Å². The fraction of sp³-hybridized carbons (Fsp3) is 0. The number of hydrogen-bond donors (Lipinski definition) is 1. The highest BCUT2D eigenvalue weighted by molar-refractivity contribution is 7.71. The molecule has 1 aromatic carbocycles. The number of nitrogens with one attached hydrogen (secondary N) is 1. The quantitative estimate of drug-likeness (QED) is 0.700. The van der Waals surface area contributed by atoms with E-state index in [-0.39, 0.29) is 5.56 Å². The Morgan fingerprint density at radius 2 is 1.95 bits per heavy atom. The van der Waals surface area contributed by atoms with Gasteiger partial charge in [-0.05, 0) is 42.5 Å². The molecule has 3 rings (SSSR count). The van der Waals surface area contributed by atoms with Crippen molar-refractivity contribution in [3.8, 4) is 5.69 Å². The lowest BCUT2D eigenvalue weighted by molar-refractivity contribution is 0.938. The van der Waals surface area contributed by atoms with Gasteiger partial charge in [-0.3, -0.25) is 14.3 Å². The first-order chi connectivity index (χ1) is 9.16. The number of halogens is 1. The van der Waals surface area contributed by atoms with Crippen molar-refractivity contribution in [3.05, 3.63) is 62.9 Å². The molecule has 3 aromatic rings. The van der Waals surface area contributed by atoms with E-state index in [1.165, 1.54) is 4.57 Å². The highest BCUT2D eigenvalue weighted by Crippen LogP contribution is 2.13. The van der Waals surface area contributed by atoms with Gasteiger partial charge in [0, 0.05) is 11.2 Å². The molecule has 0 spiro atoms. The molecule has 0 fully saturated rings. The Balaban J connectivity index is 2.39. The Kier molecular flexibility index (Phi) is 2.93. The van der Waals surface area contributed by atoms with E-state index in [0.29, 0.717) is 26.4 Å². The van der Waals surface area contributed by atoms with Crippen molar-refractivity contribution in [3.63, 3.8) is 0 Å². The van der Waals surface area contributed by atoms with Crippen molar-refractivity contribution >= 4 is 34.7 Å². The number of aromatic amines is 1. The van der Waals surface area contributed by atoms with Gasteiger partial charge < -0.3 is 4.98 Å². The molecular weight excluding hydrogens is 282 g/mol. The summed E-state index contributed by atoms with van der Waals surface area (Å²) in [5.41, 5.74) is 1.13. The minimum atomic E-state index is -0.177. The number of nitrogens with zero attached hydrogens (tertiary/aromatic N) is 2. The average molecular weight is 290 g/mol. The van der Waals surface area contributed by atoms with Crippen molar-refractivity contribution in [2.75, 3.05) is 0 Å². The van der Waals surface area contributed by atoms with E-state index in [2.05, 4.69) is 9.97 Å². The number of fused-ring (bicyclic) bond motifs is 1. The van der Waals surface area contributed by atoms with Crippen LogP contribution in [0.5, 0.6) is 0 Å². The first kappa shape index (κ1) is 12.1. The monoisotopic (exact) mass is 289 g/mol. The van der Waals surface area contributed by atoms with E-state index in [1.54, 1.807) is 42.7 Å². The van der Waals surface area contributed by atoms with Gasteiger partial charge in [0.1, 0.15) is 0 Å². The van der Waals surface area contributed by atoms with Gasteiger partial charge in [0.2, 0.25) is 0 Å². The highest BCUT2D eigenvalue weighted by Gasteiger charge is 2.07. The van der Waals surface area contributed by atoms with Crippen LogP contribution in [0.25, 0.3) is 16.6 Å². The second kappa shape index (κ2) is 4.60. The summed E-state index contributed by atoms with van der Waals surface area (Å²) in [7, 11) is 0. The van der Waals surface area contributed by atoms with Crippen LogP contribution in [0.2, 0.25) is 5.02 Å². The van der Waals surface area contributed by atoms with Crippen LogP contribution in [0.1, 0.15) is 0 Å². The first-order valence-corrected chi connectivity index (χ1v) is 6.30. The lowest BCUT2D eigenvalue weighted by Crippen LogP contribution is -2.20. The Bertz CT molecular complexity index is 867.